The number of anilines is 1. The lowest BCUT2D eigenvalue weighted by Gasteiger charge is -2.30. The Morgan fingerprint density at radius 3 is 2.72 bits per heavy atom. The molecule has 2 rings (SSSR count). The molecule has 0 atom stereocenters. The second-order valence-electron chi connectivity index (χ2n) is 4.74. The van der Waals surface area contributed by atoms with Gasteiger partial charge in [-0.3, -0.25) is 0 Å². The zero-order chi connectivity index (χ0) is 13.0. The third-order valence-corrected chi connectivity index (χ3v) is 4.67. The van der Waals surface area contributed by atoms with Crippen molar-refractivity contribution in [2.24, 2.45) is 5.73 Å². The number of hydrogen-bond donors (Lipinski definition) is 1. The normalized spacial score (nSPS) is 17.4. The summed E-state index contributed by atoms with van der Waals surface area (Å²) in [4.78, 5) is 8.39. The van der Waals surface area contributed by atoms with Crippen LogP contribution in [0.4, 0.5) is 5.13 Å². The summed E-state index contributed by atoms with van der Waals surface area (Å²) < 4.78 is 5.40. The van der Waals surface area contributed by atoms with Gasteiger partial charge in [0.05, 0.1) is 11.8 Å². The molecule has 0 aliphatic carbocycles. The summed E-state index contributed by atoms with van der Waals surface area (Å²) in [5.41, 5.74) is 7.00. The highest BCUT2D eigenvalue weighted by Gasteiger charge is 2.22. The van der Waals surface area contributed by atoms with Gasteiger partial charge in [0.25, 0.3) is 0 Å². The lowest BCUT2D eigenvalue weighted by Crippen LogP contribution is -2.36. The molecule has 18 heavy (non-hydrogen) atoms. The van der Waals surface area contributed by atoms with Gasteiger partial charge in [0, 0.05) is 31.6 Å². The minimum absolute atomic E-state index is 0.422. The zero-order valence-corrected chi connectivity index (χ0v) is 12.1. The van der Waals surface area contributed by atoms with Gasteiger partial charge < -0.3 is 15.4 Å². The first kappa shape index (κ1) is 13.8. The van der Waals surface area contributed by atoms with E-state index in [1.165, 1.54) is 10.6 Å². The first-order chi connectivity index (χ1) is 8.78. The van der Waals surface area contributed by atoms with Gasteiger partial charge in [-0.15, -0.1) is 11.3 Å². The van der Waals surface area contributed by atoms with E-state index < -0.39 is 0 Å². The van der Waals surface area contributed by atoms with Crippen molar-refractivity contribution in [2.45, 2.75) is 45.3 Å². The van der Waals surface area contributed by atoms with Gasteiger partial charge in [0.1, 0.15) is 0 Å². The van der Waals surface area contributed by atoms with Gasteiger partial charge in [-0.2, -0.15) is 0 Å². The summed E-state index contributed by atoms with van der Waals surface area (Å²) in [5, 5.41) is 1.15. The molecular weight excluding hydrogens is 246 g/mol. The number of hydrogen-bond acceptors (Lipinski definition) is 5. The van der Waals surface area contributed by atoms with E-state index in [1.807, 2.05) is 0 Å². The highest BCUT2D eigenvalue weighted by Crippen LogP contribution is 2.29. The van der Waals surface area contributed by atoms with E-state index in [9.17, 15) is 0 Å². The van der Waals surface area contributed by atoms with Gasteiger partial charge in [-0.05, 0) is 19.3 Å². The SMILES string of the molecule is CCCc1nc(N2CCC(OC)CC2)sc1CN. The average Bonchev–Trinajstić information content (AvgIpc) is 2.82. The topological polar surface area (TPSA) is 51.4 Å². The predicted octanol–water partition coefficient (Wildman–Crippen LogP) is 2.17. The molecule has 5 heteroatoms. The zero-order valence-electron chi connectivity index (χ0n) is 11.3. The number of methoxy groups -OCH3 is 1. The van der Waals surface area contributed by atoms with Crippen LogP contribution in [-0.2, 0) is 17.7 Å². The molecule has 102 valence electrons. The Morgan fingerprint density at radius 1 is 1.44 bits per heavy atom. The molecule has 0 spiro atoms. The van der Waals surface area contributed by atoms with Crippen molar-refractivity contribution in [3.63, 3.8) is 0 Å². The minimum Gasteiger partial charge on any atom is -0.381 e. The molecular formula is C13H23N3OS. The maximum Gasteiger partial charge on any atom is 0.185 e. The predicted molar refractivity (Wildman–Crippen MR) is 76.2 cm³/mol. The van der Waals surface area contributed by atoms with E-state index in [-0.39, 0.29) is 0 Å². The van der Waals surface area contributed by atoms with Crippen LogP contribution in [0.25, 0.3) is 0 Å². The van der Waals surface area contributed by atoms with Crippen LogP contribution < -0.4 is 10.6 Å². The Balaban J connectivity index is 2.05. The van der Waals surface area contributed by atoms with Crippen LogP contribution in [0, 0.1) is 0 Å². The molecule has 0 bridgehead atoms. The van der Waals surface area contributed by atoms with Crippen molar-refractivity contribution >= 4 is 16.5 Å². The third-order valence-electron chi connectivity index (χ3n) is 3.48. The Kier molecular flexibility index (Phi) is 4.97. The molecule has 0 radical (unpaired) electrons. The number of aromatic nitrogens is 1. The van der Waals surface area contributed by atoms with E-state index in [0.29, 0.717) is 12.6 Å². The van der Waals surface area contributed by atoms with Gasteiger partial charge in [0.15, 0.2) is 5.13 Å². The fourth-order valence-corrected chi connectivity index (χ4v) is 3.42. The largest absolute Gasteiger partial charge is 0.381 e. The molecule has 0 unspecified atom stereocenters. The summed E-state index contributed by atoms with van der Waals surface area (Å²) in [7, 11) is 1.80. The first-order valence-electron chi connectivity index (χ1n) is 6.74. The average molecular weight is 269 g/mol. The highest BCUT2D eigenvalue weighted by molar-refractivity contribution is 7.15. The minimum atomic E-state index is 0.422. The first-order valence-corrected chi connectivity index (χ1v) is 7.56. The molecule has 1 aromatic rings. The van der Waals surface area contributed by atoms with Crippen LogP contribution >= 0.6 is 11.3 Å². The Labute approximate surface area is 113 Å². The monoisotopic (exact) mass is 269 g/mol. The summed E-state index contributed by atoms with van der Waals surface area (Å²) in [6.07, 6.45) is 4.78. The smallest absolute Gasteiger partial charge is 0.185 e. The molecule has 4 nitrogen and oxygen atoms in total. The maximum absolute atomic E-state index is 5.80. The highest BCUT2D eigenvalue weighted by atomic mass is 32.1. The second-order valence-corrected chi connectivity index (χ2v) is 5.80. The summed E-state index contributed by atoms with van der Waals surface area (Å²) in [6.45, 7) is 4.88. The molecule has 0 saturated carbocycles. The number of thiazole rings is 1. The molecule has 1 aliphatic rings. The van der Waals surface area contributed by atoms with E-state index in [2.05, 4.69) is 11.8 Å². The summed E-state index contributed by atoms with van der Waals surface area (Å²) in [6, 6.07) is 0. The molecule has 1 aliphatic heterocycles. The van der Waals surface area contributed by atoms with Crippen LogP contribution in [0.15, 0.2) is 0 Å². The van der Waals surface area contributed by atoms with Gasteiger partial charge in [0.2, 0.25) is 0 Å². The van der Waals surface area contributed by atoms with Crippen molar-refractivity contribution in [2.75, 3.05) is 25.1 Å². The Morgan fingerprint density at radius 2 is 2.17 bits per heavy atom. The van der Waals surface area contributed by atoms with E-state index in [4.69, 9.17) is 15.5 Å². The van der Waals surface area contributed by atoms with Crippen molar-refractivity contribution in [1.82, 2.24) is 4.98 Å². The molecule has 2 heterocycles. The fraction of sp³-hybridized carbons (Fsp3) is 0.769. The van der Waals surface area contributed by atoms with Gasteiger partial charge in [-0.1, -0.05) is 13.3 Å². The summed E-state index contributed by atoms with van der Waals surface area (Å²) >= 11 is 1.76. The number of aryl methyl sites for hydroxylation is 1. The fourth-order valence-electron chi connectivity index (χ4n) is 2.38. The molecule has 1 saturated heterocycles. The molecule has 2 N–H and O–H groups in total. The number of piperidine rings is 1. The van der Waals surface area contributed by atoms with E-state index in [1.54, 1.807) is 18.4 Å². The third kappa shape index (κ3) is 3.02. The quantitative estimate of drug-likeness (QED) is 0.890. The van der Waals surface area contributed by atoms with E-state index in [0.717, 1.165) is 43.9 Å². The standard InChI is InChI=1S/C13H23N3OS/c1-3-4-11-12(9-14)18-13(15-11)16-7-5-10(17-2)6-8-16/h10H,3-9,14H2,1-2H3. The lowest BCUT2D eigenvalue weighted by atomic mass is 10.1. The van der Waals surface area contributed by atoms with Crippen molar-refractivity contribution in [3.05, 3.63) is 10.6 Å². The van der Waals surface area contributed by atoms with Crippen molar-refractivity contribution < 1.29 is 4.74 Å². The maximum atomic E-state index is 5.80. The Bertz CT molecular complexity index is 372. The van der Waals surface area contributed by atoms with Gasteiger partial charge in [-0.25, -0.2) is 4.98 Å². The van der Waals surface area contributed by atoms with Crippen LogP contribution in [-0.4, -0.2) is 31.3 Å². The number of nitrogens with zero attached hydrogens (tertiary/aromatic N) is 2. The van der Waals surface area contributed by atoms with Crippen LogP contribution in [0.3, 0.4) is 0 Å². The molecule has 0 amide bonds. The number of rotatable bonds is 5. The number of ether oxygens (including phenoxy) is 1. The van der Waals surface area contributed by atoms with Crippen LogP contribution in [0.5, 0.6) is 0 Å². The molecule has 1 fully saturated rings. The second kappa shape index (κ2) is 6.50. The molecule has 0 aromatic carbocycles. The van der Waals surface area contributed by atoms with Crippen LogP contribution in [0.2, 0.25) is 0 Å². The van der Waals surface area contributed by atoms with Crippen LogP contribution in [0.1, 0.15) is 36.8 Å². The van der Waals surface area contributed by atoms with Gasteiger partial charge >= 0.3 is 0 Å². The van der Waals surface area contributed by atoms with Crippen molar-refractivity contribution in [3.8, 4) is 0 Å². The number of nitrogens with two attached hydrogens (primary N) is 1. The summed E-state index contributed by atoms with van der Waals surface area (Å²) in [5.74, 6) is 0. The Hall–Kier alpha value is -0.650. The lowest BCUT2D eigenvalue weighted by molar-refractivity contribution is 0.0819. The van der Waals surface area contributed by atoms with Crippen molar-refractivity contribution in [1.29, 1.82) is 0 Å². The van der Waals surface area contributed by atoms with E-state index >= 15 is 0 Å². The molecule has 1 aromatic heterocycles.